The fourth-order valence-electron chi connectivity index (χ4n) is 3.32. The van der Waals surface area contributed by atoms with Crippen LogP contribution >= 0.6 is 0 Å². The van der Waals surface area contributed by atoms with Gasteiger partial charge in [0.25, 0.3) is 0 Å². The number of aromatic nitrogens is 2. The van der Waals surface area contributed by atoms with Gasteiger partial charge in [-0.2, -0.15) is 5.26 Å². The van der Waals surface area contributed by atoms with Gasteiger partial charge in [-0.3, -0.25) is 4.79 Å². The number of anilines is 1. The number of para-hydroxylation sites is 2. The number of hydrogen-bond acceptors (Lipinski definition) is 8. The molecule has 1 aromatic carbocycles. The third kappa shape index (κ3) is 4.38. The summed E-state index contributed by atoms with van der Waals surface area (Å²) in [6, 6.07) is 9.43. The molecule has 0 spiro atoms. The predicted molar refractivity (Wildman–Crippen MR) is 103 cm³/mol. The van der Waals surface area contributed by atoms with Crippen molar-refractivity contribution in [1.29, 1.82) is 5.26 Å². The Morgan fingerprint density at radius 2 is 1.89 bits per heavy atom. The zero-order valence-electron chi connectivity index (χ0n) is 16.3. The van der Waals surface area contributed by atoms with Gasteiger partial charge in [-0.1, -0.05) is 12.1 Å². The van der Waals surface area contributed by atoms with Crippen LogP contribution in [0.4, 0.5) is 5.82 Å². The van der Waals surface area contributed by atoms with E-state index in [1.54, 1.807) is 0 Å². The number of ether oxygens (including phenoxy) is 3. The van der Waals surface area contributed by atoms with Gasteiger partial charge in [0.15, 0.2) is 11.7 Å². The summed E-state index contributed by atoms with van der Waals surface area (Å²) in [7, 11) is 1.52. The van der Waals surface area contributed by atoms with E-state index >= 15 is 0 Å². The Balaban J connectivity index is 2.03. The van der Waals surface area contributed by atoms with Gasteiger partial charge in [-0.05, 0) is 26.0 Å². The van der Waals surface area contributed by atoms with Crippen LogP contribution in [-0.4, -0.2) is 61.6 Å². The van der Waals surface area contributed by atoms with Crippen LogP contribution in [0, 0.1) is 11.3 Å². The van der Waals surface area contributed by atoms with Gasteiger partial charge in [0.05, 0.1) is 35.9 Å². The second-order valence-electron chi connectivity index (χ2n) is 6.81. The number of rotatable bonds is 6. The number of morpholine rings is 1. The van der Waals surface area contributed by atoms with Gasteiger partial charge < -0.3 is 19.1 Å². The first kappa shape index (κ1) is 20.0. The number of nitrogens with zero attached hydrogens (tertiary/aromatic N) is 4. The van der Waals surface area contributed by atoms with Gasteiger partial charge in [0.2, 0.25) is 0 Å². The average Bonchev–Trinajstić information content (AvgIpc) is 2.67. The van der Waals surface area contributed by atoms with Crippen molar-refractivity contribution in [3.05, 3.63) is 30.0 Å². The minimum Gasteiger partial charge on any atom is -0.462 e. The van der Waals surface area contributed by atoms with Crippen LogP contribution < -0.4 is 4.90 Å². The van der Waals surface area contributed by atoms with E-state index in [-0.39, 0.29) is 25.4 Å². The van der Waals surface area contributed by atoms with Gasteiger partial charge >= 0.3 is 5.97 Å². The van der Waals surface area contributed by atoms with E-state index in [0.717, 1.165) is 0 Å². The molecule has 1 aliphatic rings. The van der Waals surface area contributed by atoms with Crippen molar-refractivity contribution in [1.82, 2.24) is 9.97 Å². The number of benzene rings is 1. The monoisotopic (exact) mass is 384 g/mol. The fourth-order valence-corrected chi connectivity index (χ4v) is 3.32. The smallest absolute Gasteiger partial charge is 0.329 e. The van der Waals surface area contributed by atoms with Gasteiger partial charge in [-0.15, -0.1) is 0 Å². The molecule has 0 radical (unpaired) electrons. The van der Waals surface area contributed by atoms with E-state index in [2.05, 4.69) is 4.98 Å². The van der Waals surface area contributed by atoms with E-state index < -0.39 is 11.9 Å². The highest BCUT2D eigenvalue weighted by atomic mass is 16.6. The highest BCUT2D eigenvalue weighted by Crippen LogP contribution is 2.29. The maximum atomic E-state index is 12.5. The van der Waals surface area contributed by atoms with Crippen LogP contribution in [0.3, 0.4) is 0 Å². The van der Waals surface area contributed by atoms with E-state index in [1.165, 1.54) is 7.11 Å². The maximum Gasteiger partial charge on any atom is 0.329 e. The minimum absolute atomic E-state index is 0.000870. The van der Waals surface area contributed by atoms with Gasteiger partial charge in [0.1, 0.15) is 12.3 Å². The van der Waals surface area contributed by atoms with Crippen LogP contribution in [0.2, 0.25) is 0 Å². The average molecular weight is 384 g/mol. The van der Waals surface area contributed by atoms with Crippen LogP contribution in [0.25, 0.3) is 11.0 Å². The summed E-state index contributed by atoms with van der Waals surface area (Å²) >= 11 is 0. The molecule has 2 heterocycles. The highest BCUT2D eigenvalue weighted by Gasteiger charge is 2.32. The van der Waals surface area contributed by atoms with Crippen LogP contribution in [0.15, 0.2) is 24.3 Å². The molecule has 1 aliphatic heterocycles. The maximum absolute atomic E-state index is 12.5. The van der Waals surface area contributed by atoms with Crippen molar-refractivity contribution in [3.8, 4) is 6.07 Å². The first-order valence-corrected chi connectivity index (χ1v) is 9.25. The first-order valence-electron chi connectivity index (χ1n) is 9.25. The van der Waals surface area contributed by atoms with Crippen molar-refractivity contribution in [2.24, 2.45) is 0 Å². The Hall–Kier alpha value is -2.76. The number of esters is 1. The summed E-state index contributed by atoms with van der Waals surface area (Å²) < 4.78 is 15.9. The van der Waals surface area contributed by atoms with E-state index in [4.69, 9.17) is 19.2 Å². The van der Waals surface area contributed by atoms with Gasteiger partial charge in [0, 0.05) is 20.2 Å². The fraction of sp³-hybridized carbons (Fsp3) is 0.500. The molecule has 8 heteroatoms. The Morgan fingerprint density at radius 1 is 1.25 bits per heavy atom. The highest BCUT2D eigenvalue weighted by molar-refractivity contribution is 5.85. The Kier molecular flexibility index (Phi) is 6.39. The van der Waals surface area contributed by atoms with Crippen molar-refractivity contribution in [3.63, 3.8) is 0 Å². The van der Waals surface area contributed by atoms with Crippen LogP contribution in [0.1, 0.15) is 25.5 Å². The molecule has 1 aromatic heterocycles. The molecule has 0 N–H and O–H groups in total. The number of methoxy groups -OCH3 is 1. The van der Waals surface area contributed by atoms with E-state index in [0.29, 0.717) is 35.6 Å². The van der Waals surface area contributed by atoms with Crippen molar-refractivity contribution in [2.75, 3.05) is 38.3 Å². The topological polar surface area (TPSA) is 97.6 Å². The lowest BCUT2D eigenvalue weighted by atomic mass is 10.1. The first-order chi connectivity index (χ1) is 13.5. The van der Waals surface area contributed by atoms with Crippen molar-refractivity contribution < 1.29 is 19.0 Å². The quantitative estimate of drug-likeness (QED) is 0.551. The largest absolute Gasteiger partial charge is 0.462 e. The molecule has 1 fully saturated rings. The summed E-state index contributed by atoms with van der Waals surface area (Å²) in [5, 5.41) is 9.71. The predicted octanol–water partition coefficient (Wildman–Crippen LogP) is 2.04. The summed E-state index contributed by atoms with van der Waals surface area (Å²) in [5.74, 6) is -1.30. The number of nitriles is 1. The summed E-state index contributed by atoms with van der Waals surface area (Å²) in [6.45, 7) is 5.51. The number of carbonyl (C=O) groups is 1. The SMILES string of the molecule is COCCOC(=O)[C@@H](C#N)c1nc2ccccc2nc1N1C[C@@H](C)O[C@@H](C)C1. The molecule has 3 rings (SSSR count). The lowest BCUT2D eigenvalue weighted by Crippen LogP contribution is -2.46. The molecule has 0 saturated carbocycles. The van der Waals surface area contributed by atoms with Crippen LogP contribution in [0.5, 0.6) is 0 Å². The van der Waals surface area contributed by atoms with Crippen molar-refractivity contribution in [2.45, 2.75) is 32.0 Å². The summed E-state index contributed by atoms with van der Waals surface area (Å²) in [4.78, 5) is 23.9. The molecule has 8 nitrogen and oxygen atoms in total. The third-order valence-corrected chi connectivity index (χ3v) is 4.47. The zero-order valence-corrected chi connectivity index (χ0v) is 16.3. The molecular weight excluding hydrogens is 360 g/mol. The Morgan fingerprint density at radius 3 is 2.50 bits per heavy atom. The summed E-state index contributed by atoms with van der Waals surface area (Å²) in [5.41, 5.74) is 1.64. The third-order valence-electron chi connectivity index (χ3n) is 4.47. The molecular formula is C20H24N4O4. The molecule has 0 aliphatic carbocycles. The second-order valence-corrected chi connectivity index (χ2v) is 6.81. The molecule has 1 saturated heterocycles. The van der Waals surface area contributed by atoms with Crippen molar-refractivity contribution >= 4 is 22.8 Å². The normalized spacial score (nSPS) is 20.6. The zero-order chi connectivity index (χ0) is 20.1. The number of hydrogen-bond donors (Lipinski definition) is 0. The number of carbonyl (C=O) groups excluding carboxylic acids is 1. The number of fused-ring (bicyclic) bond motifs is 1. The molecule has 28 heavy (non-hydrogen) atoms. The minimum atomic E-state index is -1.17. The summed E-state index contributed by atoms with van der Waals surface area (Å²) in [6.07, 6.45) is -0.00174. The molecule has 0 bridgehead atoms. The lowest BCUT2D eigenvalue weighted by Gasteiger charge is -2.37. The van der Waals surface area contributed by atoms with Crippen LogP contribution in [-0.2, 0) is 19.0 Å². The molecule has 0 unspecified atom stereocenters. The van der Waals surface area contributed by atoms with E-state index in [9.17, 15) is 10.1 Å². The molecule has 3 atom stereocenters. The van der Waals surface area contributed by atoms with Gasteiger partial charge in [-0.25, -0.2) is 9.97 Å². The van der Waals surface area contributed by atoms with E-state index in [1.807, 2.05) is 49.1 Å². The molecule has 2 aromatic rings. The lowest BCUT2D eigenvalue weighted by molar-refractivity contribution is -0.145. The molecule has 148 valence electrons. The molecule has 0 amide bonds. The second kappa shape index (κ2) is 8.95. The Labute approximate surface area is 164 Å². The Bertz CT molecular complexity index is 872. The standard InChI is InChI=1S/C20H24N4O4/c1-13-11-24(12-14(2)28-13)19-18(15(10-21)20(25)27-9-8-26-3)22-16-6-4-5-7-17(16)23-19/h4-7,13-15H,8-9,11-12H2,1-3H3/t13-,14+,15-/m0/s1.